The topological polar surface area (TPSA) is 99.0 Å². The van der Waals surface area contributed by atoms with E-state index in [4.69, 9.17) is 16.6 Å². The highest BCUT2D eigenvalue weighted by atomic mass is 32.1. The van der Waals surface area contributed by atoms with Crippen LogP contribution in [0.2, 0.25) is 0 Å². The van der Waals surface area contributed by atoms with Crippen LogP contribution in [0.25, 0.3) is 11.5 Å². The van der Waals surface area contributed by atoms with Crippen molar-refractivity contribution in [1.82, 2.24) is 14.8 Å². The lowest BCUT2D eigenvalue weighted by molar-refractivity contribution is -0.384. The quantitative estimate of drug-likeness (QED) is 0.436. The number of hydrogen-bond donors (Lipinski definition) is 1. The fourth-order valence-corrected chi connectivity index (χ4v) is 2.06. The van der Waals surface area contributed by atoms with Crippen molar-refractivity contribution in [3.8, 4) is 11.5 Å². The summed E-state index contributed by atoms with van der Waals surface area (Å²) in [5.41, 5.74) is 0.613. The van der Waals surface area contributed by atoms with Crippen molar-refractivity contribution in [3.05, 3.63) is 63.6 Å². The lowest BCUT2D eigenvalue weighted by atomic mass is 10.2. The average Bonchev–Trinajstić information content (AvgIpc) is 2.95. The number of non-ortho nitro benzene ring substituents is 1. The van der Waals surface area contributed by atoms with Crippen LogP contribution < -0.4 is 5.32 Å². The molecule has 1 aromatic carbocycles. The van der Waals surface area contributed by atoms with E-state index in [1.165, 1.54) is 16.8 Å². The molecular weight excluding hydrogens is 318 g/mol. The fourth-order valence-electron chi connectivity index (χ4n) is 1.87. The molecule has 0 saturated carbocycles. The number of rotatable bonds is 5. The Morgan fingerprint density at radius 1 is 1.26 bits per heavy atom. The van der Waals surface area contributed by atoms with Crippen LogP contribution in [-0.4, -0.2) is 19.7 Å². The van der Waals surface area contributed by atoms with Gasteiger partial charge in [-0.1, -0.05) is 6.07 Å². The minimum absolute atomic E-state index is 0.00333. The van der Waals surface area contributed by atoms with Crippen LogP contribution in [0.3, 0.4) is 0 Å². The van der Waals surface area contributed by atoms with Crippen LogP contribution in [0.15, 0.2) is 53.1 Å². The van der Waals surface area contributed by atoms with E-state index < -0.39 is 4.92 Å². The van der Waals surface area contributed by atoms with Crippen LogP contribution in [0.5, 0.6) is 0 Å². The van der Waals surface area contributed by atoms with Crippen molar-refractivity contribution in [1.29, 1.82) is 0 Å². The zero-order valence-electron chi connectivity index (χ0n) is 11.7. The normalized spacial score (nSPS) is 10.4. The van der Waals surface area contributed by atoms with Crippen LogP contribution in [-0.2, 0) is 6.67 Å². The number of anilines is 1. The van der Waals surface area contributed by atoms with Crippen molar-refractivity contribution in [2.24, 2.45) is 0 Å². The summed E-state index contributed by atoms with van der Waals surface area (Å²) in [6, 6.07) is 11.4. The zero-order valence-corrected chi connectivity index (χ0v) is 12.6. The number of benzene rings is 1. The van der Waals surface area contributed by atoms with Crippen LogP contribution in [0.4, 0.5) is 11.5 Å². The van der Waals surface area contributed by atoms with Crippen molar-refractivity contribution >= 4 is 23.7 Å². The Balaban J connectivity index is 1.78. The second-order valence-corrected chi connectivity index (χ2v) is 4.88. The monoisotopic (exact) mass is 329 g/mol. The predicted octanol–water partition coefficient (Wildman–Crippen LogP) is 3.25. The predicted molar refractivity (Wildman–Crippen MR) is 85.3 cm³/mol. The molecule has 3 rings (SSSR count). The van der Waals surface area contributed by atoms with Gasteiger partial charge in [-0.05, 0) is 36.5 Å². The molecule has 116 valence electrons. The van der Waals surface area contributed by atoms with Crippen LogP contribution in [0, 0.1) is 15.0 Å². The highest BCUT2D eigenvalue weighted by Crippen LogP contribution is 2.21. The van der Waals surface area contributed by atoms with Gasteiger partial charge in [0.05, 0.1) is 4.92 Å². The van der Waals surface area contributed by atoms with Crippen molar-refractivity contribution < 1.29 is 9.34 Å². The standard InChI is InChI=1S/C14H11N5O3S/c20-19(21)11-6-4-10(5-7-11)13-17-18(14(23)22-13)9-16-12-3-1-2-8-15-12/h1-8H,9H2,(H,15,16). The van der Waals surface area contributed by atoms with E-state index in [1.54, 1.807) is 18.3 Å². The molecule has 0 amide bonds. The number of nitrogens with zero attached hydrogens (tertiary/aromatic N) is 4. The molecule has 2 heterocycles. The summed E-state index contributed by atoms with van der Waals surface area (Å²) in [4.78, 5) is 14.5. The first-order valence-corrected chi connectivity index (χ1v) is 7.02. The van der Waals surface area contributed by atoms with Crippen molar-refractivity contribution in [2.75, 3.05) is 5.32 Å². The molecule has 23 heavy (non-hydrogen) atoms. The molecule has 0 unspecified atom stereocenters. The third-order valence-corrected chi connectivity index (χ3v) is 3.30. The Hall–Kier alpha value is -3.07. The highest BCUT2D eigenvalue weighted by Gasteiger charge is 2.10. The molecule has 0 aliphatic rings. The maximum absolute atomic E-state index is 10.7. The Kier molecular flexibility index (Phi) is 4.11. The Morgan fingerprint density at radius 2 is 2.04 bits per heavy atom. The Labute approximate surface area is 135 Å². The first-order chi connectivity index (χ1) is 11.1. The molecule has 0 radical (unpaired) electrons. The molecule has 0 aliphatic carbocycles. The van der Waals surface area contributed by atoms with Gasteiger partial charge in [-0.3, -0.25) is 10.1 Å². The van der Waals surface area contributed by atoms with E-state index >= 15 is 0 Å². The maximum atomic E-state index is 10.7. The smallest absolute Gasteiger partial charge is 0.289 e. The summed E-state index contributed by atoms with van der Waals surface area (Å²) in [7, 11) is 0. The summed E-state index contributed by atoms with van der Waals surface area (Å²) < 4.78 is 6.90. The average molecular weight is 329 g/mol. The van der Waals surface area contributed by atoms with Gasteiger partial charge in [0.25, 0.3) is 10.5 Å². The molecule has 0 fully saturated rings. The van der Waals surface area contributed by atoms with Crippen molar-refractivity contribution in [2.45, 2.75) is 6.67 Å². The van der Waals surface area contributed by atoms with Gasteiger partial charge < -0.3 is 9.73 Å². The SMILES string of the molecule is O=[N+]([O-])c1ccc(-c2nn(CNc3ccccn3)c(=S)o2)cc1. The molecular formula is C14H11N5O3S. The molecule has 0 saturated heterocycles. The first kappa shape index (κ1) is 14.9. The Morgan fingerprint density at radius 3 is 2.70 bits per heavy atom. The molecule has 0 aliphatic heterocycles. The second kappa shape index (κ2) is 6.36. The summed E-state index contributed by atoms with van der Waals surface area (Å²) in [5, 5.41) is 18.0. The lowest BCUT2D eigenvalue weighted by Crippen LogP contribution is -2.10. The molecule has 0 spiro atoms. The van der Waals surface area contributed by atoms with Gasteiger partial charge in [0, 0.05) is 23.9 Å². The van der Waals surface area contributed by atoms with E-state index in [-0.39, 0.29) is 10.5 Å². The van der Waals surface area contributed by atoms with Gasteiger partial charge in [-0.25, -0.2) is 9.67 Å². The highest BCUT2D eigenvalue weighted by molar-refractivity contribution is 7.71. The molecule has 8 nitrogen and oxygen atoms in total. The number of nitro benzene ring substituents is 1. The second-order valence-electron chi connectivity index (χ2n) is 4.53. The van der Waals surface area contributed by atoms with Crippen LogP contribution >= 0.6 is 12.2 Å². The molecule has 3 aromatic rings. The Bertz CT molecular complexity index is 873. The van der Waals surface area contributed by atoms with Crippen LogP contribution in [0.1, 0.15) is 0 Å². The summed E-state index contributed by atoms with van der Waals surface area (Å²) in [5.74, 6) is 0.988. The van der Waals surface area contributed by atoms with Gasteiger partial charge >= 0.3 is 0 Å². The zero-order chi connectivity index (χ0) is 16.2. The first-order valence-electron chi connectivity index (χ1n) is 6.61. The van der Waals surface area contributed by atoms with E-state index in [9.17, 15) is 10.1 Å². The molecule has 9 heteroatoms. The minimum atomic E-state index is -0.463. The molecule has 0 atom stereocenters. The van der Waals surface area contributed by atoms with E-state index in [1.807, 2.05) is 18.2 Å². The lowest BCUT2D eigenvalue weighted by Gasteiger charge is -2.03. The fraction of sp³-hybridized carbons (Fsp3) is 0.0714. The summed E-state index contributed by atoms with van der Waals surface area (Å²) in [6.07, 6.45) is 1.67. The largest absolute Gasteiger partial charge is 0.409 e. The van der Waals surface area contributed by atoms with E-state index in [2.05, 4.69) is 15.4 Å². The number of pyridine rings is 1. The van der Waals surface area contributed by atoms with Crippen molar-refractivity contribution in [3.63, 3.8) is 0 Å². The van der Waals surface area contributed by atoms with Gasteiger partial charge in [0.2, 0.25) is 5.89 Å². The molecule has 0 bridgehead atoms. The number of nitro groups is 1. The van der Waals surface area contributed by atoms with Gasteiger partial charge in [-0.2, -0.15) is 0 Å². The minimum Gasteiger partial charge on any atom is -0.409 e. The maximum Gasteiger partial charge on any atom is 0.289 e. The van der Waals surface area contributed by atoms with Gasteiger partial charge in [0.15, 0.2) is 0 Å². The van der Waals surface area contributed by atoms with Gasteiger partial charge in [0.1, 0.15) is 12.5 Å². The van der Waals surface area contributed by atoms with Gasteiger partial charge in [-0.15, -0.1) is 5.10 Å². The third-order valence-electron chi connectivity index (χ3n) is 3.01. The van der Waals surface area contributed by atoms with E-state index in [0.29, 0.717) is 23.9 Å². The number of nitrogens with one attached hydrogen (secondary N) is 1. The van der Waals surface area contributed by atoms with E-state index in [0.717, 1.165) is 0 Å². The number of aromatic nitrogens is 3. The summed E-state index contributed by atoms with van der Waals surface area (Å²) in [6.45, 7) is 0.298. The summed E-state index contributed by atoms with van der Waals surface area (Å²) >= 11 is 5.12. The molecule has 2 aromatic heterocycles. The third kappa shape index (κ3) is 3.40. The number of hydrogen-bond acceptors (Lipinski definition) is 7. The molecule has 1 N–H and O–H groups in total.